The second kappa shape index (κ2) is 6.68. The summed E-state index contributed by atoms with van der Waals surface area (Å²) in [6.45, 7) is 0. The van der Waals surface area contributed by atoms with E-state index >= 15 is 0 Å². The van der Waals surface area contributed by atoms with Crippen LogP contribution in [0, 0.1) is 24.1 Å². The number of ether oxygens (including phenoxy) is 2. The monoisotopic (exact) mass is 234 g/mol. The van der Waals surface area contributed by atoms with Crippen LogP contribution >= 0.6 is 0 Å². The van der Waals surface area contributed by atoms with E-state index in [1.165, 1.54) is 0 Å². The summed E-state index contributed by atoms with van der Waals surface area (Å²) in [6.07, 6.45) is 4.97. The molecule has 0 heterocycles. The summed E-state index contributed by atoms with van der Waals surface area (Å²) < 4.78 is 10.3. The highest BCUT2D eigenvalue weighted by molar-refractivity contribution is 5.29. The van der Waals surface area contributed by atoms with Crippen LogP contribution in [0.5, 0.6) is 11.5 Å². The molecule has 0 N–H and O–H groups in total. The molecule has 2 rings (SSSR count). The molecular weight excluding hydrogens is 224 g/mol. The Morgan fingerprint density at radius 1 is 0.556 bits per heavy atom. The molecule has 2 heteroatoms. The molecule has 0 radical (unpaired) electrons. The molecule has 18 heavy (non-hydrogen) atoms. The van der Waals surface area contributed by atoms with Crippen LogP contribution < -0.4 is 9.47 Å². The van der Waals surface area contributed by atoms with Gasteiger partial charge in [-0.05, 0) is 24.3 Å². The lowest BCUT2D eigenvalue weighted by Gasteiger charge is -1.93. The van der Waals surface area contributed by atoms with Gasteiger partial charge in [0.05, 0.1) is 0 Å². The Balaban J connectivity index is 1.83. The minimum Gasteiger partial charge on any atom is -0.407 e. The van der Waals surface area contributed by atoms with Gasteiger partial charge in [0.1, 0.15) is 23.7 Å². The van der Waals surface area contributed by atoms with Crippen molar-refractivity contribution in [2.24, 2.45) is 0 Å². The second-order valence-electron chi connectivity index (χ2n) is 3.28. The fourth-order valence-electron chi connectivity index (χ4n) is 1.20. The van der Waals surface area contributed by atoms with Crippen molar-refractivity contribution in [2.45, 2.75) is 0 Å². The summed E-state index contributed by atoms with van der Waals surface area (Å²) in [5.74, 6) is 6.47. The molecule has 86 valence electrons. The number of hydrogen-bond donors (Lipinski definition) is 0. The summed E-state index contributed by atoms with van der Waals surface area (Å²) in [5, 5.41) is 0. The lowest BCUT2D eigenvalue weighted by atomic mass is 10.3. The fourth-order valence-corrected chi connectivity index (χ4v) is 1.20. The molecule has 0 aromatic heterocycles. The number of benzene rings is 2. The maximum atomic E-state index is 5.14. The van der Waals surface area contributed by atoms with E-state index in [4.69, 9.17) is 9.47 Å². The van der Waals surface area contributed by atoms with Gasteiger partial charge in [0.15, 0.2) is 0 Å². The first kappa shape index (κ1) is 11.6. The minimum absolute atomic E-state index is 0.691. The van der Waals surface area contributed by atoms with E-state index in [0.717, 1.165) is 0 Å². The number of hydrogen-bond acceptors (Lipinski definition) is 2. The van der Waals surface area contributed by atoms with E-state index in [9.17, 15) is 0 Å². The van der Waals surface area contributed by atoms with Gasteiger partial charge < -0.3 is 9.47 Å². The molecule has 2 nitrogen and oxygen atoms in total. The molecule has 0 bridgehead atoms. The topological polar surface area (TPSA) is 18.5 Å². The van der Waals surface area contributed by atoms with Crippen LogP contribution in [0.4, 0.5) is 0 Å². The van der Waals surface area contributed by atoms with Gasteiger partial charge in [0, 0.05) is 11.8 Å². The molecule has 0 saturated heterocycles. The summed E-state index contributed by atoms with van der Waals surface area (Å²) in [6, 6.07) is 18.6. The fraction of sp³-hybridized carbons (Fsp3) is 0. The van der Waals surface area contributed by atoms with Crippen LogP contribution in [0.25, 0.3) is 0 Å². The van der Waals surface area contributed by atoms with E-state index in [1.54, 1.807) is 0 Å². The summed E-state index contributed by atoms with van der Waals surface area (Å²) in [4.78, 5) is 0. The van der Waals surface area contributed by atoms with Crippen molar-refractivity contribution in [2.75, 3.05) is 0 Å². The molecular formula is C16H10O2. The predicted octanol–water partition coefficient (Wildman–Crippen LogP) is 3.07. The molecule has 0 fully saturated rings. The largest absolute Gasteiger partial charge is 0.407 e. The van der Waals surface area contributed by atoms with E-state index in [2.05, 4.69) is 24.1 Å². The van der Waals surface area contributed by atoms with Gasteiger partial charge in [-0.1, -0.05) is 36.4 Å². The third-order valence-electron chi connectivity index (χ3n) is 1.99. The summed E-state index contributed by atoms with van der Waals surface area (Å²) >= 11 is 0. The SMILES string of the molecule is C(C#COc1ccccc1)#COc1ccccc1. The van der Waals surface area contributed by atoms with Crippen LogP contribution in [0.2, 0.25) is 0 Å². The first-order valence-corrected chi connectivity index (χ1v) is 5.39. The highest BCUT2D eigenvalue weighted by Crippen LogP contribution is 2.07. The lowest BCUT2D eigenvalue weighted by molar-refractivity contribution is 0.517. The first-order chi connectivity index (χ1) is 8.95. The van der Waals surface area contributed by atoms with Crippen molar-refractivity contribution in [3.63, 3.8) is 0 Å². The highest BCUT2D eigenvalue weighted by atomic mass is 16.5. The van der Waals surface area contributed by atoms with Gasteiger partial charge in [-0.3, -0.25) is 0 Å². The minimum atomic E-state index is 0.691. The zero-order chi connectivity index (χ0) is 12.5. The van der Waals surface area contributed by atoms with Crippen molar-refractivity contribution in [3.05, 3.63) is 60.7 Å². The average Bonchev–Trinajstić information content (AvgIpc) is 2.45. The van der Waals surface area contributed by atoms with Crippen LogP contribution in [-0.2, 0) is 0 Å². The third-order valence-corrected chi connectivity index (χ3v) is 1.99. The normalized spacial score (nSPS) is 8.22. The molecule has 2 aromatic carbocycles. The van der Waals surface area contributed by atoms with Crippen molar-refractivity contribution >= 4 is 0 Å². The van der Waals surface area contributed by atoms with Gasteiger partial charge >= 0.3 is 0 Å². The van der Waals surface area contributed by atoms with E-state index in [1.807, 2.05) is 60.7 Å². The van der Waals surface area contributed by atoms with Gasteiger partial charge in [0.25, 0.3) is 0 Å². The molecule has 0 aliphatic heterocycles. The van der Waals surface area contributed by atoms with Crippen LogP contribution in [0.3, 0.4) is 0 Å². The summed E-state index contributed by atoms with van der Waals surface area (Å²) in [7, 11) is 0. The Morgan fingerprint density at radius 2 is 0.944 bits per heavy atom. The smallest absolute Gasteiger partial charge is 0.140 e. The zero-order valence-corrected chi connectivity index (χ0v) is 9.59. The Kier molecular flexibility index (Phi) is 4.32. The van der Waals surface area contributed by atoms with Crippen LogP contribution in [-0.4, -0.2) is 0 Å². The quantitative estimate of drug-likeness (QED) is 0.743. The number of rotatable bonds is 2. The second-order valence-corrected chi connectivity index (χ2v) is 3.28. The standard InChI is InChI=1S/C16H10O2/c1-3-9-15(10-4-1)17-13-7-8-14-18-16-11-5-2-6-12-16/h1-6,9-12H. The number of para-hydroxylation sites is 2. The molecule has 0 unspecified atom stereocenters. The molecule has 0 amide bonds. The molecule has 0 saturated carbocycles. The molecule has 0 aliphatic carbocycles. The molecule has 0 spiro atoms. The van der Waals surface area contributed by atoms with Crippen LogP contribution in [0.1, 0.15) is 0 Å². The average molecular weight is 234 g/mol. The van der Waals surface area contributed by atoms with Crippen molar-refractivity contribution in [1.82, 2.24) is 0 Å². The van der Waals surface area contributed by atoms with Crippen molar-refractivity contribution in [3.8, 4) is 35.6 Å². The van der Waals surface area contributed by atoms with Gasteiger partial charge in [-0.25, -0.2) is 0 Å². The first-order valence-electron chi connectivity index (χ1n) is 5.39. The predicted molar refractivity (Wildman–Crippen MR) is 69.7 cm³/mol. The Labute approximate surface area is 106 Å². The maximum absolute atomic E-state index is 5.14. The highest BCUT2D eigenvalue weighted by Gasteiger charge is 1.85. The van der Waals surface area contributed by atoms with E-state index < -0.39 is 0 Å². The van der Waals surface area contributed by atoms with Gasteiger partial charge in [0.2, 0.25) is 0 Å². The molecule has 0 aliphatic rings. The summed E-state index contributed by atoms with van der Waals surface area (Å²) in [5.41, 5.74) is 0. The Morgan fingerprint density at radius 3 is 1.33 bits per heavy atom. The van der Waals surface area contributed by atoms with E-state index in [0.29, 0.717) is 11.5 Å². The van der Waals surface area contributed by atoms with E-state index in [-0.39, 0.29) is 0 Å². The Hall–Kier alpha value is -2.84. The Bertz CT molecular complexity index is 538. The molecule has 2 aromatic rings. The van der Waals surface area contributed by atoms with Crippen LogP contribution in [0.15, 0.2) is 60.7 Å². The van der Waals surface area contributed by atoms with Crippen molar-refractivity contribution < 1.29 is 9.47 Å². The zero-order valence-electron chi connectivity index (χ0n) is 9.59. The third kappa shape index (κ3) is 3.96. The van der Waals surface area contributed by atoms with Gasteiger partial charge in [-0.2, -0.15) is 0 Å². The van der Waals surface area contributed by atoms with Crippen molar-refractivity contribution in [1.29, 1.82) is 0 Å². The van der Waals surface area contributed by atoms with Gasteiger partial charge in [-0.15, -0.1) is 0 Å². The maximum Gasteiger partial charge on any atom is 0.140 e. The lowest BCUT2D eigenvalue weighted by Crippen LogP contribution is -1.82. The molecule has 0 atom stereocenters.